The summed E-state index contributed by atoms with van der Waals surface area (Å²) in [6.07, 6.45) is -7.66. The van der Waals surface area contributed by atoms with Crippen molar-refractivity contribution in [3.8, 4) is 0 Å². The second-order valence-corrected chi connectivity index (χ2v) is 9.99. The Kier molecular flexibility index (Phi) is 7.92. The minimum Gasteiger partial charge on any atom is -0.346 e. The standard InChI is InChI=1S/C22H15BrCl3F6NO/c23-15-7-11(1-3-13(15)19(34)33-20(5-6-20)10-21(27,28)29)2-4-14(22(30,31)32)12-8-16(24)18(26)17(25)9-12/h1-4,7-9,14H,5-6,10H2,(H,33,34)/b4-2+. The summed E-state index contributed by atoms with van der Waals surface area (Å²) in [5, 5.41) is 2.12. The number of benzene rings is 2. The number of halogens is 10. The summed E-state index contributed by atoms with van der Waals surface area (Å²) in [5.41, 5.74) is -1.14. The lowest BCUT2D eigenvalue weighted by Crippen LogP contribution is -2.40. The monoisotopic (exact) mass is 607 g/mol. The summed E-state index contributed by atoms with van der Waals surface area (Å²) in [6, 6.07) is 6.26. The maximum Gasteiger partial charge on any atom is 0.399 e. The van der Waals surface area contributed by atoms with Gasteiger partial charge in [-0.05, 0) is 64.2 Å². The van der Waals surface area contributed by atoms with Crippen LogP contribution in [0.25, 0.3) is 6.08 Å². The van der Waals surface area contributed by atoms with Gasteiger partial charge in [-0.15, -0.1) is 0 Å². The molecule has 12 heteroatoms. The van der Waals surface area contributed by atoms with Crippen molar-refractivity contribution in [2.24, 2.45) is 0 Å². The summed E-state index contributed by atoms with van der Waals surface area (Å²) in [4.78, 5) is 12.5. The molecular weight excluding hydrogens is 594 g/mol. The minimum absolute atomic E-state index is 0.0574. The van der Waals surface area contributed by atoms with Crippen molar-refractivity contribution < 1.29 is 31.1 Å². The van der Waals surface area contributed by atoms with Gasteiger partial charge in [0.25, 0.3) is 5.91 Å². The van der Waals surface area contributed by atoms with Crippen LogP contribution in [0.4, 0.5) is 26.3 Å². The third-order valence-electron chi connectivity index (χ3n) is 5.21. The predicted octanol–water partition coefficient (Wildman–Crippen LogP) is 8.98. The topological polar surface area (TPSA) is 29.1 Å². The van der Waals surface area contributed by atoms with Crippen LogP contribution in [0.5, 0.6) is 0 Å². The van der Waals surface area contributed by atoms with Crippen molar-refractivity contribution in [3.05, 3.63) is 72.6 Å². The van der Waals surface area contributed by atoms with Gasteiger partial charge in [0.15, 0.2) is 0 Å². The molecule has 2 aromatic carbocycles. The zero-order valence-electron chi connectivity index (χ0n) is 16.9. The number of nitrogens with one attached hydrogen (secondary N) is 1. The van der Waals surface area contributed by atoms with Gasteiger partial charge >= 0.3 is 12.4 Å². The number of alkyl halides is 6. The van der Waals surface area contributed by atoms with Crippen molar-refractivity contribution in [2.45, 2.75) is 43.1 Å². The van der Waals surface area contributed by atoms with E-state index in [9.17, 15) is 31.1 Å². The van der Waals surface area contributed by atoms with Gasteiger partial charge in [-0.3, -0.25) is 4.79 Å². The van der Waals surface area contributed by atoms with E-state index >= 15 is 0 Å². The molecule has 1 saturated carbocycles. The van der Waals surface area contributed by atoms with Crippen molar-refractivity contribution in [1.82, 2.24) is 5.32 Å². The number of rotatable bonds is 6. The molecule has 34 heavy (non-hydrogen) atoms. The predicted molar refractivity (Wildman–Crippen MR) is 124 cm³/mol. The van der Waals surface area contributed by atoms with Crippen LogP contribution in [0, 0.1) is 0 Å². The number of carbonyl (C=O) groups is 1. The Hall–Kier alpha value is -1.42. The number of carbonyl (C=O) groups excluding carboxylic acids is 1. The third kappa shape index (κ3) is 6.83. The van der Waals surface area contributed by atoms with Crippen LogP contribution in [0.2, 0.25) is 15.1 Å². The Morgan fingerprint density at radius 3 is 2.12 bits per heavy atom. The van der Waals surface area contributed by atoms with E-state index in [4.69, 9.17) is 34.8 Å². The van der Waals surface area contributed by atoms with Crippen molar-refractivity contribution in [2.75, 3.05) is 0 Å². The van der Waals surface area contributed by atoms with E-state index in [1.165, 1.54) is 24.3 Å². The summed E-state index contributed by atoms with van der Waals surface area (Å²) >= 11 is 20.7. The highest BCUT2D eigenvalue weighted by atomic mass is 79.9. The van der Waals surface area contributed by atoms with Crippen molar-refractivity contribution >= 4 is 62.7 Å². The minimum atomic E-state index is -4.66. The first-order valence-electron chi connectivity index (χ1n) is 9.68. The van der Waals surface area contributed by atoms with Gasteiger partial charge in [-0.2, -0.15) is 26.3 Å². The summed E-state index contributed by atoms with van der Waals surface area (Å²) in [6.45, 7) is 0. The Morgan fingerprint density at radius 1 is 1.06 bits per heavy atom. The first-order valence-corrected chi connectivity index (χ1v) is 11.6. The molecular formula is C22H15BrCl3F6NO. The number of hydrogen-bond acceptors (Lipinski definition) is 1. The first-order chi connectivity index (χ1) is 15.6. The molecule has 0 saturated heterocycles. The Balaban J connectivity index is 1.81. The molecule has 1 aliphatic rings. The first kappa shape index (κ1) is 27.2. The average molecular weight is 610 g/mol. The molecule has 2 aromatic rings. The number of hydrogen-bond donors (Lipinski definition) is 1. The molecule has 0 aromatic heterocycles. The molecule has 1 unspecified atom stereocenters. The number of allylic oxidation sites excluding steroid dienone is 1. The van der Waals surface area contributed by atoms with E-state index in [0.717, 1.165) is 18.2 Å². The largest absolute Gasteiger partial charge is 0.399 e. The van der Waals surface area contributed by atoms with Crippen LogP contribution >= 0.6 is 50.7 Å². The summed E-state index contributed by atoms with van der Waals surface area (Å²) in [5.74, 6) is -2.75. The fraction of sp³-hybridized carbons (Fsp3) is 0.318. The molecule has 3 rings (SSSR count). The lowest BCUT2D eigenvalue weighted by molar-refractivity contribution is -0.141. The molecule has 2 nitrogen and oxygen atoms in total. The lowest BCUT2D eigenvalue weighted by atomic mass is 9.97. The zero-order chi connectivity index (χ0) is 25.5. The fourth-order valence-electron chi connectivity index (χ4n) is 3.38. The second-order valence-electron chi connectivity index (χ2n) is 7.94. The van der Waals surface area contributed by atoms with E-state index in [1.807, 2.05) is 0 Å². The van der Waals surface area contributed by atoms with E-state index in [-0.39, 0.29) is 43.5 Å². The highest BCUT2D eigenvalue weighted by Crippen LogP contribution is 2.45. The van der Waals surface area contributed by atoms with Crippen LogP contribution in [-0.4, -0.2) is 23.8 Å². The lowest BCUT2D eigenvalue weighted by Gasteiger charge is -2.19. The zero-order valence-corrected chi connectivity index (χ0v) is 20.8. The molecule has 1 fully saturated rings. The normalized spacial score (nSPS) is 16.5. The molecule has 0 radical (unpaired) electrons. The average Bonchev–Trinajstić information content (AvgIpc) is 3.41. The van der Waals surface area contributed by atoms with Gasteiger partial charge < -0.3 is 5.32 Å². The molecule has 0 bridgehead atoms. The Labute approximate surface area is 214 Å². The molecule has 1 aliphatic carbocycles. The van der Waals surface area contributed by atoms with Gasteiger partial charge in [0.05, 0.1) is 33.0 Å². The fourth-order valence-corrected chi connectivity index (χ4v) is 4.57. The van der Waals surface area contributed by atoms with Crippen LogP contribution in [-0.2, 0) is 0 Å². The maximum absolute atomic E-state index is 13.7. The van der Waals surface area contributed by atoms with Crippen LogP contribution < -0.4 is 5.32 Å². The van der Waals surface area contributed by atoms with Crippen LogP contribution in [0.15, 0.2) is 40.9 Å². The van der Waals surface area contributed by atoms with E-state index in [0.29, 0.717) is 5.56 Å². The van der Waals surface area contributed by atoms with E-state index in [2.05, 4.69) is 21.2 Å². The van der Waals surface area contributed by atoms with Crippen LogP contribution in [0.3, 0.4) is 0 Å². The van der Waals surface area contributed by atoms with Gasteiger partial charge in [-0.1, -0.05) is 53.0 Å². The van der Waals surface area contributed by atoms with Gasteiger partial charge in [-0.25, -0.2) is 0 Å². The molecule has 0 spiro atoms. The van der Waals surface area contributed by atoms with Crippen molar-refractivity contribution in [1.29, 1.82) is 0 Å². The molecule has 1 atom stereocenters. The highest BCUT2D eigenvalue weighted by molar-refractivity contribution is 9.10. The SMILES string of the molecule is O=C(NC1(CC(F)(F)F)CC1)c1ccc(/C=C/C(c2cc(Cl)c(Cl)c(Cl)c2)C(F)(F)F)cc1Br. The van der Waals surface area contributed by atoms with Crippen LogP contribution in [0.1, 0.15) is 46.7 Å². The molecule has 0 heterocycles. The molecule has 184 valence electrons. The number of amides is 1. The van der Waals surface area contributed by atoms with E-state index < -0.39 is 36.1 Å². The quantitative estimate of drug-likeness (QED) is 0.257. The van der Waals surface area contributed by atoms with Crippen molar-refractivity contribution in [3.63, 3.8) is 0 Å². The summed E-state index contributed by atoms with van der Waals surface area (Å²) < 4.78 is 79.5. The van der Waals surface area contributed by atoms with Gasteiger partial charge in [0.2, 0.25) is 0 Å². The van der Waals surface area contributed by atoms with Gasteiger partial charge in [0.1, 0.15) is 0 Å². The maximum atomic E-state index is 13.7. The van der Waals surface area contributed by atoms with Gasteiger partial charge in [0, 0.05) is 10.0 Å². The molecule has 1 N–H and O–H groups in total. The third-order valence-corrected chi connectivity index (χ3v) is 7.06. The Bertz CT molecular complexity index is 1110. The summed E-state index contributed by atoms with van der Waals surface area (Å²) in [7, 11) is 0. The molecule has 0 aliphatic heterocycles. The Morgan fingerprint density at radius 2 is 1.65 bits per heavy atom. The highest BCUT2D eigenvalue weighted by Gasteiger charge is 2.51. The molecule has 1 amide bonds. The second kappa shape index (κ2) is 9.91. The van der Waals surface area contributed by atoms with E-state index in [1.54, 1.807) is 0 Å². The smallest absolute Gasteiger partial charge is 0.346 e.